The fraction of sp³-hybridized carbons (Fsp3) is 0.917. The SMILES string of the molecule is C[C@@H](NC(=O)C1(CN)CC1)C1CCCC1. The van der Waals surface area contributed by atoms with Crippen LogP contribution in [-0.4, -0.2) is 18.5 Å². The molecule has 2 rings (SSSR count). The Bertz CT molecular complexity index is 242. The lowest BCUT2D eigenvalue weighted by Crippen LogP contribution is -2.43. The van der Waals surface area contributed by atoms with Crippen molar-refractivity contribution in [2.45, 2.75) is 51.5 Å². The van der Waals surface area contributed by atoms with Crippen LogP contribution in [0.4, 0.5) is 0 Å². The van der Waals surface area contributed by atoms with Crippen LogP contribution in [0.2, 0.25) is 0 Å². The highest BCUT2D eigenvalue weighted by Gasteiger charge is 2.48. The van der Waals surface area contributed by atoms with Crippen LogP contribution in [-0.2, 0) is 4.79 Å². The summed E-state index contributed by atoms with van der Waals surface area (Å²) in [6.45, 7) is 2.65. The fourth-order valence-electron chi connectivity index (χ4n) is 2.61. The Morgan fingerprint density at radius 2 is 2.07 bits per heavy atom. The third kappa shape index (κ3) is 2.17. The Hall–Kier alpha value is -0.570. The van der Waals surface area contributed by atoms with Gasteiger partial charge in [-0.3, -0.25) is 4.79 Å². The zero-order valence-corrected chi connectivity index (χ0v) is 9.59. The second-order valence-electron chi connectivity index (χ2n) is 5.29. The van der Waals surface area contributed by atoms with Crippen molar-refractivity contribution in [3.63, 3.8) is 0 Å². The molecule has 0 aromatic carbocycles. The van der Waals surface area contributed by atoms with Crippen molar-refractivity contribution >= 4 is 5.91 Å². The number of amides is 1. The minimum atomic E-state index is -0.188. The van der Waals surface area contributed by atoms with E-state index in [1.807, 2.05) is 0 Å². The predicted molar refractivity (Wildman–Crippen MR) is 60.3 cm³/mol. The minimum Gasteiger partial charge on any atom is -0.353 e. The molecule has 1 amide bonds. The molecule has 3 heteroatoms. The first-order valence-electron chi connectivity index (χ1n) is 6.19. The Morgan fingerprint density at radius 1 is 1.47 bits per heavy atom. The molecular weight excluding hydrogens is 188 g/mol. The van der Waals surface area contributed by atoms with E-state index >= 15 is 0 Å². The summed E-state index contributed by atoms with van der Waals surface area (Å²) >= 11 is 0. The average Bonchev–Trinajstić information content (AvgIpc) is 2.84. The van der Waals surface area contributed by atoms with Crippen LogP contribution in [0, 0.1) is 11.3 Å². The van der Waals surface area contributed by atoms with Gasteiger partial charge >= 0.3 is 0 Å². The molecule has 0 aromatic rings. The second kappa shape index (κ2) is 4.12. The average molecular weight is 210 g/mol. The van der Waals surface area contributed by atoms with E-state index in [1.54, 1.807) is 0 Å². The van der Waals surface area contributed by atoms with Crippen LogP contribution in [0.15, 0.2) is 0 Å². The molecule has 0 radical (unpaired) electrons. The number of nitrogens with two attached hydrogens (primary N) is 1. The van der Waals surface area contributed by atoms with Crippen LogP contribution in [0.3, 0.4) is 0 Å². The molecule has 0 saturated heterocycles. The maximum atomic E-state index is 11.9. The molecule has 2 fully saturated rings. The Balaban J connectivity index is 1.83. The van der Waals surface area contributed by atoms with E-state index in [0.717, 1.165) is 12.8 Å². The third-order valence-electron chi connectivity index (χ3n) is 4.19. The molecule has 15 heavy (non-hydrogen) atoms. The summed E-state index contributed by atoms with van der Waals surface area (Å²) in [7, 11) is 0. The molecule has 2 aliphatic carbocycles. The van der Waals surface area contributed by atoms with Gasteiger partial charge in [0.05, 0.1) is 5.41 Å². The molecule has 86 valence electrons. The highest BCUT2D eigenvalue weighted by Crippen LogP contribution is 2.45. The summed E-state index contributed by atoms with van der Waals surface area (Å²) in [4.78, 5) is 11.9. The monoisotopic (exact) mass is 210 g/mol. The maximum Gasteiger partial charge on any atom is 0.227 e. The van der Waals surface area contributed by atoms with Crippen LogP contribution in [0.25, 0.3) is 0 Å². The van der Waals surface area contributed by atoms with Crippen LogP contribution >= 0.6 is 0 Å². The van der Waals surface area contributed by atoms with Crippen molar-refractivity contribution in [3.05, 3.63) is 0 Å². The van der Waals surface area contributed by atoms with Crippen LogP contribution < -0.4 is 11.1 Å². The van der Waals surface area contributed by atoms with Gasteiger partial charge in [-0.15, -0.1) is 0 Å². The van der Waals surface area contributed by atoms with Crippen molar-refractivity contribution < 1.29 is 4.79 Å². The van der Waals surface area contributed by atoms with Crippen molar-refractivity contribution in [3.8, 4) is 0 Å². The number of carbonyl (C=O) groups is 1. The molecule has 1 atom stereocenters. The highest BCUT2D eigenvalue weighted by molar-refractivity contribution is 5.85. The third-order valence-corrected chi connectivity index (χ3v) is 4.19. The lowest BCUT2D eigenvalue weighted by Gasteiger charge is -2.23. The van der Waals surface area contributed by atoms with Crippen LogP contribution in [0.1, 0.15) is 45.4 Å². The predicted octanol–water partition coefficient (Wildman–Crippen LogP) is 1.42. The lowest BCUT2D eigenvalue weighted by atomic mass is 9.98. The summed E-state index contributed by atoms with van der Waals surface area (Å²) in [5, 5.41) is 3.16. The zero-order chi connectivity index (χ0) is 10.9. The van der Waals surface area contributed by atoms with Gasteiger partial charge in [0.2, 0.25) is 5.91 Å². The standard InChI is InChI=1S/C12H22N2O/c1-9(10-4-2-3-5-10)14-11(15)12(8-13)6-7-12/h9-10H,2-8,13H2,1H3,(H,14,15)/t9-/m1/s1. The lowest BCUT2D eigenvalue weighted by molar-refractivity contribution is -0.126. The quantitative estimate of drug-likeness (QED) is 0.737. The van der Waals surface area contributed by atoms with E-state index in [2.05, 4.69) is 12.2 Å². The van der Waals surface area contributed by atoms with E-state index in [0.29, 0.717) is 18.5 Å². The molecule has 3 N–H and O–H groups in total. The summed E-state index contributed by atoms with van der Waals surface area (Å²) < 4.78 is 0. The van der Waals surface area contributed by atoms with Gasteiger partial charge in [-0.25, -0.2) is 0 Å². The van der Waals surface area contributed by atoms with Gasteiger partial charge in [-0.2, -0.15) is 0 Å². The molecule has 3 nitrogen and oxygen atoms in total. The Labute approximate surface area is 91.8 Å². The van der Waals surface area contributed by atoms with Gasteiger partial charge in [0.25, 0.3) is 0 Å². The topological polar surface area (TPSA) is 55.1 Å². The molecule has 0 heterocycles. The first kappa shape index (κ1) is 10.9. The van der Waals surface area contributed by atoms with Crippen molar-refractivity contribution in [1.29, 1.82) is 0 Å². The number of rotatable bonds is 4. The van der Waals surface area contributed by atoms with Crippen molar-refractivity contribution in [2.75, 3.05) is 6.54 Å². The summed E-state index contributed by atoms with van der Waals surface area (Å²) in [6.07, 6.45) is 7.16. The molecule has 2 aliphatic rings. The van der Waals surface area contributed by atoms with Gasteiger partial charge in [0.15, 0.2) is 0 Å². The van der Waals surface area contributed by atoms with E-state index in [9.17, 15) is 4.79 Å². The van der Waals surface area contributed by atoms with Gasteiger partial charge in [0, 0.05) is 12.6 Å². The molecule has 0 bridgehead atoms. The van der Waals surface area contributed by atoms with Gasteiger partial charge in [-0.05, 0) is 38.5 Å². The fourth-order valence-corrected chi connectivity index (χ4v) is 2.61. The molecule has 0 aliphatic heterocycles. The smallest absolute Gasteiger partial charge is 0.227 e. The number of carbonyl (C=O) groups excluding carboxylic acids is 1. The van der Waals surface area contributed by atoms with Crippen LogP contribution in [0.5, 0.6) is 0 Å². The normalized spacial score (nSPS) is 26.3. The summed E-state index contributed by atoms with van der Waals surface area (Å²) in [5.74, 6) is 0.895. The molecule has 0 aromatic heterocycles. The maximum absolute atomic E-state index is 11.9. The van der Waals surface area contributed by atoms with E-state index in [-0.39, 0.29) is 11.3 Å². The van der Waals surface area contributed by atoms with E-state index < -0.39 is 0 Å². The second-order valence-corrected chi connectivity index (χ2v) is 5.29. The summed E-state index contributed by atoms with van der Waals surface area (Å²) in [6, 6.07) is 0.337. The van der Waals surface area contributed by atoms with Crippen molar-refractivity contribution in [2.24, 2.45) is 17.1 Å². The largest absolute Gasteiger partial charge is 0.353 e. The molecule has 2 saturated carbocycles. The van der Waals surface area contributed by atoms with Gasteiger partial charge < -0.3 is 11.1 Å². The molecule has 0 spiro atoms. The van der Waals surface area contributed by atoms with Gasteiger partial charge in [0.1, 0.15) is 0 Å². The highest BCUT2D eigenvalue weighted by atomic mass is 16.2. The molecular formula is C12H22N2O. The molecule has 0 unspecified atom stereocenters. The number of hydrogen-bond acceptors (Lipinski definition) is 2. The Morgan fingerprint density at radius 3 is 2.53 bits per heavy atom. The first-order chi connectivity index (χ1) is 7.18. The van der Waals surface area contributed by atoms with E-state index in [1.165, 1.54) is 25.7 Å². The minimum absolute atomic E-state index is 0.188. The number of nitrogens with one attached hydrogen (secondary N) is 1. The number of hydrogen-bond donors (Lipinski definition) is 2. The Kier molecular flexibility index (Phi) is 3.01. The van der Waals surface area contributed by atoms with Gasteiger partial charge in [-0.1, -0.05) is 12.8 Å². The van der Waals surface area contributed by atoms with Crippen molar-refractivity contribution in [1.82, 2.24) is 5.32 Å². The first-order valence-corrected chi connectivity index (χ1v) is 6.19. The summed E-state index contributed by atoms with van der Waals surface area (Å²) in [5.41, 5.74) is 5.45. The zero-order valence-electron chi connectivity index (χ0n) is 9.59. The van der Waals surface area contributed by atoms with E-state index in [4.69, 9.17) is 5.73 Å².